The van der Waals surface area contributed by atoms with E-state index in [4.69, 9.17) is 23.2 Å². The number of H-pyrrole nitrogens is 1. The molecule has 1 atom stereocenters. The van der Waals surface area contributed by atoms with Crippen LogP contribution in [0.3, 0.4) is 0 Å². The third-order valence-electron chi connectivity index (χ3n) is 7.69. The number of nitrogens with zero attached hydrogens (tertiary/aromatic N) is 2. The van der Waals surface area contributed by atoms with Gasteiger partial charge in [-0.2, -0.15) is 13.2 Å². The van der Waals surface area contributed by atoms with Crippen molar-refractivity contribution in [2.75, 3.05) is 31.6 Å². The van der Waals surface area contributed by atoms with Crippen molar-refractivity contribution in [2.45, 2.75) is 50.9 Å². The highest BCUT2D eigenvalue weighted by Crippen LogP contribution is 2.40. The SMILES string of the molecule is CCS(=O)(=O)c1ccc(Cl)cc1Cn1c(=O)[nH]c2c(Cl)c(CN3CCCC(C)(CNS(C)(=O)=O)C3)c(C(F)(F)F)cc2c1=O. The van der Waals surface area contributed by atoms with Crippen LogP contribution in [0.4, 0.5) is 13.2 Å². The van der Waals surface area contributed by atoms with Gasteiger partial charge in [0.2, 0.25) is 10.0 Å². The Bertz CT molecular complexity index is 1950. The predicted molar refractivity (Wildman–Crippen MR) is 163 cm³/mol. The number of aromatic nitrogens is 2. The second-order valence-corrected chi connectivity index (χ2v) is 16.2. The van der Waals surface area contributed by atoms with E-state index in [1.165, 1.54) is 25.1 Å². The molecule has 1 saturated heterocycles. The van der Waals surface area contributed by atoms with Gasteiger partial charge in [0.25, 0.3) is 5.56 Å². The van der Waals surface area contributed by atoms with Crippen LogP contribution in [0.1, 0.15) is 43.4 Å². The van der Waals surface area contributed by atoms with Crippen LogP contribution in [0, 0.1) is 5.41 Å². The summed E-state index contributed by atoms with van der Waals surface area (Å²) in [6.45, 7) is 3.18. The van der Waals surface area contributed by atoms with Crippen molar-refractivity contribution in [3.63, 3.8) is 0 Å². The standard InChI is InChI=1S/C27H31Cl2F3N4O6S2/c1-4-44(41,42)21-7-6-17(28)10-16(21)12-36-24(37)18-11-20(27(30,31)32)19(22(29)23(18)34-25(36)38)13-35-9-5-8-26(2,15-35)14-33-43(3,39)40/h6-7,10-11,33H,4-5,8-9,12-15H2,1-3H3,(H,34,38). The fourth-order valence-corrected chi connectivity index (χ4v) is 7.71. The molecule has 242 valence electrons. The van der Waals surface area contributed by atoms with Gasteiger partial charge in [0, 0.05) is 24.7 Å². The van der Waals surface area contributed by atoms with Crippen molar-refractivity contribution in [3.8, 4) is 0 Å². The van der Waals surface area contributed by atoms with E-state index in [9.17, 15) is 39.6 Å². The number of aromatic amines is 1. The normalized spacial score (nSPS) is 18.6. The van der Waals surface area contributed by atoms with Crippen LogP contribution in [0.25, 0.3) is 10.9 Å². The van der Waals surface area contributed by atoms with Crippen LogP contribution in [0.5, 0.6) is 0 Å². The van der Waals surface area contributed by atoms with Gasteiger partial charge in [-0.05, 0) is 60.2 Å². The molecule has 0 bridgehead atoms. The lowest BCUT2D eigenvalue weighted by molar-refractivity contribution is -0.138. The largest absolute Gasteiger partial charge is 0.416 e. The maximum atomic E-state index is 14.4. The summed E-state index contributed by atoms with van der Waals surface area (Å²) in [7, 11) is -7.28. The number of hydrogen-bond acceptors (Lipinski definition) is 7. The third-order valence-corrected chi connectivity index (χ3v) is 10.8. The van der Waals surface area contributed by atoms with Crippen LogP contribution >= 0.6 is 23.2 Å². The number of hydrogen-bond donors (Lipinski definition) is 2. The smallest absolute Gasteiger partial charge is 0.305 e. The summed E-state index contributed by atoms with van der Waals surface area (Å²) in [5.41, 5.74) is -4.44. The minimum atomic E-state index is -4.92. The summed E-state index contributed by atoms with van der Waals surface area (Å²) >= 11 is 12.6. The van der Waals surface area contributed by atoms with E-state index < -0.39 is 65.2 Å². The Hall–Kier alpha value is -2.43. The molecule has 1 aromatic heterocycles. The molecule has 1 aliphatic rings. The monoisotopic (exact) mass is 698 g/mol. The van der Waals surface area contributed by atoms with Crippen LogP contribution < -0.4 is 16.0 Å². The summed E-state index contributed by atoms with van der Waals surface area (Å²) in [6.07, 6.45) is -2.66. The molecule has 0 amide bonds. The molecule has 2 aromatic carbocycles. The molecular weight excluding hydrogens is 668 g/mol. The fourth-order valence-electron chi connectivity index (χ4n) is 5.48. The Balaban J connectivity index is 1.81. The maximum absolute atomic E-state index is 14.4. The zero-order valence-electron chi connectivity index (χ0n) is 24.0. The average molecular weight is 700 g/mol. The average Bonchev–Trinajstić information content (AvgIpc) is 2.91. The van der Waals surface area contributed by atoms with Crippen molar-refractivity contribution >= 4 is 54.0 Å². The number of alkyl halides is 3. The first kappa shape index (κ1) is 34.4. The quantitative estimate of drug-likeness (QED) is 0.345. The molecule has 1 unspecified atom stereocenters. The number of likely N-dealkylation sites (tertiary alicyclic amines) is 1. The van der Waals surface area contributed by atoms with Crippen LogP contribution in [0.2, 0.25) is 10.0 Å². The molecule has 1 fully saturated rings. The molecule has 4 rings (SSSR count). The Labute approximate surface area is 262 Å². The van der Waals surface area contributed by atoms with Crippen LogP contribution in [0.15, 0.2) is 38.8 Å². The van der Waals surface area contributed by atoms with Crippen LogP contribution in [-0.2, 0) is 39.1 Å². The highest BCUT2D eigenvalue weighted by atomic mass is 35.5. The molecule has 2 N–H and O–H groups in total. The Morgan fingerprint density at radius 1 is 1.09 bits per heavy atom. The molecule has 0 radical (unpaired) electrons. The zero-order chi connectivity index (χ0) is 32.8. The number of fused-ring (bicyclic) bond motifs is 1. The summed E-state index contributed by atoms with van der Waals surface area (Å²) < 4.78 is 94.9. The lowest BCUT2D eigenvalue weighted by Gasteiger charge is -2.41. The predicted octanol–water partition coefficient (Wildman–Crippen LogP) is 4.01. The summed E-state index contributed by atoms with van der Waals surface area (Å²) in [4.78, 5) is 30.6. The Kier molecular flexibility index (Phi) is 9.71. The molecule has 44 heavy (non-hydrogen) atoms. The van der Waals surface area contributed by atoms with Crippen LogP contribution in [-0.4, -0.2) is 62.9 Å². The number of rotatable bonds is 9. The third kappa shape index (κ3) is 7.50. The van der Waals surface area contributed by atoms with E-state index in [2.05, 4.69) is 9.71 Å². The fraction of sp³-hybridized carbons (Fsp3) is 0.481. The highest BCUT2D eigenvalue weighted by Gasteiger charge is 2.38. The molecule has 2 heterocycles. The van der Waals surface area contributed by atoms with Gasteiger partial charge in [-0.25, -0.2) is 26.4 Å². The summed E-state index contributed by atoms with van der Waals surface area (Å²) in [5, 5.41) is -0.823. The Morgan fingerprint density at radius 2 is 1.77 bits per heavy atom. The van der Waals surface area contributed by atoms with Gasteiger partial charge in [0.05, 0.1) is 44.9 Å². The van der Waals surface area contributed by atoms with E-state index in [0.29, 0.717) is 30.0 Å². The zero-order valence-corrected chi connectivity index (χ0v) is 27.2. The van der Waals surface area contributed by atoms with Crippen molar-refractivity contribution < 1.29 is 30.0 Å². The Morgan fingerprint density at radius 3 is 2.39 bits per heavy atom. The first-order valence-corrected chi connectivity index (χ1v) is 17.8. The van der Waals surface area contributed by atoms with Gasteiger partial charge < -0.3 is 4.98 Å². The molecular formula is C27H31Cl2F3N4O6S2. The van der Waals surface area contributed by atoms with E-state index in [0.717, 1.165) is 6.26 Å². The van der Waals surface area contributed by atoms with Crippen molar-refractivity contribution in [1.82, 2.24) is 19.2 Å². The molecule has 0 spiro atoms. The highest BCUT2D eigenvalue weighted by molar-refractivity contribution is 7.91. The van der Waals surface area contributed by atoms with Crippen molar-refractivity contribution in [2.24, 2.45) is 5.41 Å². The first-order valence-electron chi connectivity index (χ1n) is 13.5. The molecule has 0 aliphatic carbocycles. The lowest BCUT2D eigenvalue weighted by atomic mass is 9.82. The number of halogens is 5. The minimum Gasteiger partial charge on any atom is -0.305 e. The maximum Gasteiger partial charge on any atom is 0.416 e. The molecule has 10 nitrogen and oxygen atoms in total. The van der Waals surface area contributed by atoms with E-state index in [1.807, 2.05) is 6.92 Å². The van der Waals surface area contributed by atoms with Crippen molar-refractivity contribution in [1.29, 1.82) is 0 Å². The van der Waals surface area contributed by atoms with E-state index in [-0.39, 0.29) is 51.9 Å². The van der Waals surface area contributed by atoms with Gasteiger partial charge in [0.15, 0.2) is 9.84 Å². The number of sulfonamides is 1. The second kappa shape index (κ2) is 12.4. The molecule has 1 aliphatic heterocycles. The first-order chi connectivity index (χ1) is 20.2. The van der Waals surface area contributed by atoms with Gasteiger partial charge in [0.1, 0.15) is 0 Å². The number of sulfone groups is 1. The molecule has 0 saturated carbocycles. The van der Waals surface area contributed by atoms with Gasteiger partial charge in [-0.1, -0.05) is 37.0 Å². The number of nitrogens with one attached hydrogen (secondary N) is 2. The summed E-state index contributed by atoms with van der Waals surface area (Å²) in [6, 6.07) is 4.49. The van der Waals surface area contributed by atoms with E-state index in [1.54, 1.807) is 4.90 Å². The number of piperidine rings is 1. The van der Waals surface area contributed by atoms with Gasteiger partial charge in [-0.3, -0.25) is 14.3 Å². The molecule has 3 aromatic rings. The summed E-state index contributed by atoms with van der Waals surface area (Å²) in [5.74, 6) is -0.275. The van der Waals surface area contributed by atoms with Gasteiger partial charge in [-0.15, -0.1) is 0 Å². The topological polar surface area (TPSA) is 138 Å². The lowest BCUT2D eigenvalue weighted by Crippen LogP contribution is -2.47. The van der Waals surface area contributed by atoms with E-state index >= 15 is 0 Å². The second-order valence-electron chi connectivity index (χ2n) is 11.3. The molecule has 17 heteroatoms. The number of benzene rings is 2. The minimum absolute atomic E-state index is 0.0172. The van der Waals surface area contributed by atoms with Crippen molar-refractivity contribution in [3.05, 3.63) is 71.8 Å². The van der Waals surface area contributed by atoms with Gasteiger partial charge >= 0.3 is 11.9 Å².